The SMILES string of the molecule is CCC1=C(C)CC([SiH](c2ccccc2)c2ccccc2)=[C]1[Ti+3].[Cl-].[Cl-].[Cl-]. The van der Waals surface area contributed by atoms with E-state index in [9.17, 15) is 0 Å². The third-order valence-corrected chi connectivity index (χ3v) is 9.28. The normalized spacial score (nSPS) is 13.3. The van der Waals surface area contributed by atoms with Crippen LogP contribution in [-0.2, 0) is 20.4 Å². The summed E-state index contributed by atoms with van der Waals surface area (Å²) in [6.07, 6.45) is 2.33. The van der Waals surface area contributed by atoms with Crippen LogP contribution < -0.4 is 47.6 Å². The second-order valence-corrected chi connectivity index (χ2v) is 9.62. The first kappa shape index (κ1) is 24.7. The topological polar surface area (TPSA) is 0 Å². The first-order chi connectivity index (χ1) is 10.7. The van der Waals surface area contributed by atoms with Gasteiger partial charge in [-0.1, -0.05) is 0 Å². The Bertz CT molecular complexity index is 688. The van der Waals surface area contributed by atoms with Gasteiger partial charge in [-0.2, -0.15) is 0 Å². The number of hydrogen-bond acceptors (Lipinski definition) is 0. The largest absolute Gasteiger partial charge is 1.00 e. The molecule has 1 aliphatic rings. The van der Waals surface area contributed by atoms with E-state index in [1.54, 1.807) is 20.2 Å². The molecule has 0 N–H and O–H groups in total. The van der Waals surface area contributed by atoms with Gasteiger partial charge < -0.3 is 37.2 Å². The van der Waals surface area contributed by atoms with Crippen molar-refractivity contribution in [2.45, 2.75) is 26.7 Å². The van der Waals surface area contributed by atoms with Crippen molar-refractivity contribution >= 4 is 19.2 Å². The maximum Gasteiger partial charge on any atom is -1.00 e. The summed E-state index contributed by atoms with van der Waals surface area (Å²) in [4.78, 5) is 0. The molecule has 0 saturated heterocycles. The van der Waals surface area contributed by atoms with E-state index in [1.807, 2.05) is 0 Å². The maximum atomic E-state index is 2.34. The van der Waals surface area contributed by atoms with Crippen molar-refractivity contribution in [1.82, 2.24) is 0 Å². The molecule has 0 atom stereocenters. The van der Waals surface area contributed by atoms with Gasteiger partial charge in [0, 0.05) is 0 Å². The molecule has 130 valence electrons. The first-order valence-corrected chi connectivity index (χ1v) is 10.5. The fraction of sp³-hybridized carbons (Fsp3) is 0.200. The second-order valence-electron chi connectivity index (χ2n) is 5.94. The summed E-state index contributed by atoms with van der Waals surface area (Å²) in [7, 11) is -1.31. The first-order valence-electron chi connectivity index (χ1n) is 7.96. The minimum absolute atomic E-state index is 0. The van der Waals surface area contributed by atoms with Crippen LogP contribution in [-0.4, -0.2) is 8.80 Å². The van der Waals surface area contributed by atoms with Crippen molar-refractivity contribution in [3.8, 4) is 0 Å². The van der Waals surface area contributed by atoms with E-state index in [0.717, 1.165) is 6.42 Å². The number of allylic oxidation sites excluding steroid dienone is 4. The molecule has 0 heterocycles. The predicted octanol–water partition coefficient (Wildman–Crippen LogP) is -5.49. The van der Waals surface area contributed by atoms with Gasteiger partial charge in [0.1, 0.15) is 0 Å². The second kappa shape index (κ2) is 11.4. The zero-order valence-corrected chi connectivity index (χ0v) is 19.4. The van der Waals surface area contributed by atoms with Gasteiger partial charge in [0.15, 0.2) is 0 Å². The minimum atomic E-state index is -1.31. The number of hydrogen-bond donors (Lipinski definition) is 0. The van der Waals surface area contributed by atoms with Crippen molar-refractivity contribution in [3.63, 3.8) is 0 Å². The van der Waals surface area contributed by atoms with Gasteiger partial charge in [-0.15, -0.1) is 0 Å². The van der Waals surface area contributed by atoms with E-state index < -0.39 is 8.80 Å². The molecule has 25 heavy (non-hydrogen) atoms. The molecule has 0 nitrogen and oxygen atoms in total. The molecule has 0 fully saturated rings. The molecule has 0 aromatic heterocycles. The van der Waals surface area contributed by atoms with Crippen LogP contribution in [0.1, 0.15) is 26.7 Å². The molecule has 0 radical (unpaired) electrons. The van der Waals surface area contributed by atoms with Crippen LogP contribution in [0, 0.1) is 0 Å². The van der Waals surface area contributed by atoms with Crippen molar-refractivity contribution in [2.24, 2.45) is 0 Å². The van der Waals surface area contributed by atoms with Gasteiger partial charge in [-0.05, 0) is 0 Å². The van der Waals surface area contributed by atoms with E-state index in [2.05, 4.69) is 94.9 Å². The summed E-state index contributed by atoms with van der Waals surface area (Å²) < 4.78 is 1.57. The van der Waals surface area contributed by atoms with E-state index in [-0.39, 0.29) is 37.2 Å². The van der Waals surface area contributed by atoms with Crippen LogP contribution in [0.3, 0.4) is 0 Å². The third-order valence-electron chi connectivity index (χ3n) is 4.56. The van der Waals surface area contributed by atoms with Gasteiger partial charge in [0.2, 0.25) is 0 Å². The summed E-state index contributed by atoms with van der Waals surface area (Å²) in [5.41, 5.74) is 3.18. The molecule has 2 aromatic rings. The fourth-order valence-electron chi connectivity index (χ4n) is 3.50. The van der Waals surface area contributed by atoms with Crippen molar-refractivity contribution in [1.29, 1.82) is 0 Å². The van der Waals surface area contributed by atoms with Crippen LogP contribution in [0.2, 0.25) is 0 Å². The molecule has 0 unspecified atom stereocenters. The minimum Gasteiger partial charge on any atom is -1.00 e. The molecule has 0 amide bonds. The van der Waals surface area contributed by atoms with E-state index in [1.165, 1.54) is 16.8 Å². The molecule has 0 spiro atoms. The Hall–Kier alpha value is -0.279. The Morgan fingerprint density at radius 3 is 1.64 bits per heavy atom. The molecule has 0 aliphatic heterocycles. The maximum absolute atomic E-state index is 2.34. The quantitative estimate of drug-likeness (QED) is 0.414. The van der Waals surface area contributed by atoms with Gasteiger partial charge in [-0.3, -0.25) is 0 Å². The number of benzene rings is 2. The molecular formula is C20H21Cl3SiTi. The summed E-state index contributed by atoms with van der Waals surface area (Å²) in [5, 5.41) is 4.79. The van der Waals surface area contributed by atoms with E-state index in [0.29, 0.717) is 0 Å². The molecule has 1 aliphatic carbocycles. The summed E-state index contributed by atoms with van der Waals surface area (Å²) in [5.74, 6) is 0. The van der Waals surface area contributed by atoms with Crippen LogP contribution in [0.5, 0.6) is 0 Å². The zero-order chi connectivity index (χ0) is 15.5. The standard InChI is InChI=1S/C20H21Si.3ClH.Ti/c1-3-17-15-20(14-16(17)2)21(18-10-6-4-7-11-18)19-12-8-5-9-13-19;;;;/h4-13,21H,3,14H2,1-2H3;3*1H;/q;;;;+3/p-3. The monoisotopic (exact) mass is 442 g/mol. The van der Waals surface area contributed by atoms with E-state index >= 15 is 0 Å². The van der Waals surface area contributed by atoms with Crippen LogP contribution >= 0.6 is 0 Å². The van der Waals surface area contributed by atoms with Crippen molar-refractivity contribution < 1.29 is 57.7 Å². The fourth-order valence-corrected chi connectivity index (χ4v) is 8.30. The molecule has 0 saturated carbocycles. The molecule has 0 bridgehead atoms. The number of rotatable bonds is 4. The van der Waals surface area contributed by atoms with Gasteiger partial charge in [-0.25, -0.2) is 0 Å². The average molecular weight is 444 g/mol. The Morgan fingerprint density at radius 1 is 0.840 bits per heavy atom. The molecule has 5 heteroatoms. The smallest absolute Gasteiger partial charge is 1.00 e. The van der Waals surface area contributed by atoms with Crippen molar-refractivity contribution in [3.05, 3.63) is 80.9 Å². The molecule has 3 rings (SSSR count). The Labute approximate surface area is 183 Å². The zero-order valence-electron chi connectivity index (χ0n) is 14.4. The Morgan fingerprint density at radius 2 is 1.28 bits per heavy atom. The Balaban J connectivity index is 0.00000192. The Kier molecular flexibility index (Phi) is 11.3. The third kappa shape index (κ3) is 5.35. The van der Waals surface area contributed by atoms with Crippen LogP contribution in [0.25, 0.3) is 0 Å². The summed E-state index contributed by atoms with van der Waals surface area (Å²) in [6, 6.07) is 22.3. The average Bonchev–Trinajstić information content (AvgIpc) is 2.84. The van der Waals surface area contributed by atoms with Crippen molar-refractivity contribution in [2.75, 3.05) is 0 Å². The summed E-state index contributed by atoms with van der Waals surface area (Å²) in [6.45, 7) is 4.60. The van der Waals surface area contributed by atoms with Gasteiger partial charge in [0.05, 0.1) is 0 Å². The van der Waals surface area contributed by atoms with Gasteiger partial charge in [0.25, 0.3) is 0 Å². The molecule has 2 aromatic carbocycles. The van der Waals surface area contributed by atoms with Crippen LogP contribution in [0.15, 0.2) is 80.9 Å². The van der Waals surface area contributed by atoms with Crippen LogP contribution in [0.4, 0.5) is 0 Å². The predicted molar refractivity (Wildman–Crippen MR) is 93.9 cm³/mol. The molecular weight excluding hydrogens is 423 g/mol. The number of halogens is 3. The van der Waals surface area contributed by atoms with Gasteiger partial charge >= 0.3 is 147 Å². The summed E-state index contributed by atoms with van der Waals surface area (Å²) >= 11 is 2.34. The van der Waals surface area contributed by atoms with E-state index in [4.69, 9.17) is 0 Å².